The molecule has 0 aliphatic heterocycles. The molecule has 0 bridgehead atoms. The number of ether oxygens (including phenoxy) is 1. The van der Waals surface area contributed by atoms with Crippen LogP contribution in [0.2, 0.25) is 0 Å². The van der Waals surface area contributed by atoms with Crippen molar-refractivity contribution < 1.29 is 29.1 Å². The summed E-state index contributed by atoms with van der Waals surface area (Å²) in [5, 5.41) is 4.25. The summed E-state index contributed by atoms with van der Waals surface area (Å²) in [6.45, 7) is 5.73. The minimum absolute atomic E-state index is 0.185. The molecule has 0 saturated heterocycles. The molecule has 0 amide bonds. The van der Waals surface area contributed by atoms with Crippen LogP contribution in [0.5, 0.6) is 0 Å². The molecular weight excluding hydrogens is 300 g/mol. The SMILES string of the molecule is Cc1ccc(C(=O)OOOC(=O)OC2CCCCC2C)c(C)c1. The molecule has 23 heavy (non-hydrogen) atoms. The Kier molecular flexibility index (Phi) is 5.98. The maximum absolute atomic E-state index is 11.8. The highest BCUT2D eigenvalue weighted by Crippen LogP contribution is 2.26. The molecule has 2 unspecified atom stereocenters. The summed E-state index contributed by atoms with van der Waals surface area (Å²) in [5.41, 5.74) is 2.12. The molecule has 1 aliphatic rings. The second-order valence-electron chi connectivity index (χ2n) is 6.01. The number of carbonyl (C=O) groups is 2. The third kappa shape index (κ3) is 4.96. The van der Waals surface area contributed by atoms with E-state index in [-0.39, 0.29) is 12.0 Å². The monoisotopic (exact) mass is 322 g/mol. The normalized spacial score (nSPS) is 20.7. The van der Waals surface area contributed by atoms with Crippen LogP contribution >= 0.6 is 0 Å². The Hall–Kier alpha value is -2.08. The molecule has 0 aromatic heterocycles. The molecule has 0 radical (unpaired) electrons. The van der Waals surface area contributed by atoms with Crippen LogP contribution in [-0.2, 0) is 19.6 Å². The first-order valence-corrected chi connectivity index (χ1v) is 7.80. The lowest BCUT2D eigenvalue weighted by Crippen LogP contribution is -2.28. The van der Waals surface area contributed by atoms with Gasteiger partial charge in [0, 0.05) is 0 Å². The van der Waals surface area contributed by atoms with Gasteiger partial charge in [-0.2, -0.15) is 0 Å². The Morgan fingerprint density at radius 1 is 1.09 bits per heavy atom. The summed E-state index contributed by atoms with van der Waals surface area (Å²) in [7, 11) is 0. The first-order valence-electron chi connectivity index (χ1n) is 7.80. The zero-order valence-corrected chi connectivity index (χ0v) is 13.7. The highest BCUT2D eigenvalue weighted by molar-refractivity contribution is 5.90. The van der Waals surface area contributed by atoms with Gasteiger partial charge in [0.1, 0.15) is 6.10 Å². The number of hydrogen-bond acceptors (Lipinski definition) is 6. The van der Waals surface area contributed by atoms with E-state index >= 15 is 0 Å². The van der Waals surface area contributed by atoms with Gasteiger partial charge in [-0.05, 0) is 50.7 Å². The quantitative estimate of drug-likeness (QED) is 0.473. The van der Waals surface area contributed by atoms with Crippen LogP contribution in [0, 0.1) is 19.8 Å². The zero-order valence-electron chi connectivity index (χ0n) is 13.7. The van der Waals surface area contributed by atoms with Crippen molar-refractivity contribution in [1.82, 2.24) is 0 Å². The summed E-state index contributed by atoms with van der Waals surface area (Å²) in [6.07, 6.45) is 2.79. The van der Waals surface area contributed by atoms with Crippen molar-refractivity contribution in [3.8, 4) is 0 Å². The fraction of sp³-hybridized carbons (Fsp3) is 0.529. The predicted molar refractivity (Wildman–Crippen MR) is 81.4 cm³/mol. The van der Waals surface area contributed by atoms with E-state index in [1.807, 2.05) is 19.9 Å². The average molecular weight is 322 g/mol. The molecule has 1 aromatic rings. The number of hydrogen-bond donors (Lipinski definition) is 0. The van der Waals surface area contributed by atoms with Gasteiger partial charge in [0.25, 0.3) is 0 Å². The average Bonchev–Trinajstić information content (AvgIpc) is 2.49. The van der Waals surface area contributed by atoms with E-state index in [1.165, 1.54) is 0 Å². The molecule has 126 valence electrons. The molecule has 1 aliphatic carbocycles. The maximum Gasteiger partial charge on any atom is 0.543 e. The fourth-order valence-electron chi connectivity index (χ4n) is 2.76. The number of aryl methyl sites for hydroxylation is 2. The summed E-state index contributed by atoms with van der Waals surface area (Å²) < 4.78 is 5.15. The van der Waals surface area contributed by atoms with Gasteiger partial charge >= 0.3 is 12.1 Å². The highest BCUT2D eigenvalue weighted by atomic mass is 17.5. The lowest BCUT2D eigenvalue weighted by atomic mass is 9.88. The van der Waals surface area contributed by atoms with Crippen LogP contribution in [0.3, 0.4) is 0 Å². The zero-order chi connectivity index (χ0) is 16.8. The lowest BCUT2D eigenvalue weighted by molar-refractivity contribution is -0.453. The lowest BCUT2D eigenvalue weighted by Gasteiger charge is -2.27. The highest BCUT2D eigenvalue weighted by Gasteiger charge is 2.26. The number of rotatable bonds is 4. The van der Waals surface area contributed by atoms with Crippen LogP contribution in [0.1, 0.15) is 54.1 Å². The van der Waals surface area contributed by atoms with Gasteiger partial charge in [0.05, 0.1) is 10.6 Å². The largest absolute Gasteiger partial charge is 0.543 e. The van der Waals surface area contributed by atoms with Gasteiger partial charge in [-0.3, -0.25) is 4.89 Å². The van der Waals surface area contributed by atoms with Crippen molar-refractivity contribution in [1.29, 1.82) is 0 Å². The summed E-state index contributed by atoms with van der Waals surface area (Å²) in [4.78, 5) is 32.2. The van der Waals surface area contributed by atoms with Gasteiger partial charge in [0.2, 0.25) is 0 Å². The topological polar surface area (TPSA) is 71.1 Å². The van der Waals surface area contributed by atoms with Crippen LogP contribution in [0.15, 0.2) is 18.2 Å². The molecule has 6 nitrogen and oxygen atoms in total. The molecule has 2 rings (SSSR count). The van der Waals surface area contributed by atoms with Gasteiger partial charge in [-0.15, -0.1) is 0 Å². The van der Waals surface area contributed by atoms with Crippen LogP contribution in [0.4, 0.5) is 4.79 Å². The van der Waals surface area contributed by atoms with Crippen molar-refractivity contribution in [3.05, 3.63) is 34.9 Å². The molecule has 0 spiro atoms. The van der Waals surface area contributed by atoms with Crippen LogP contribution < -0.4 is 0 Å². The molecular formula is C17H22O6. The molecule has 0 N–H and O–H groups in total. The molecule has 1 aromatic carbocycles. The Labute approximate surface area is 135 Å². The van der Waals surface area contributed by atoms with Crippen molar-refractivity contribution in [2.45, 2.75) is 52.6 Å². The summed E-state index contributed by atoms with van der Waals surface area (Å²) in [6, 6.07) is 5.25. The fourth-order valence-corrected chi connectivity index (χ4v) is 2.76. The van der Waals surface area contributed by atoms with E-state index in [1.54, 1.807) is 19.1 Å². The van der Waals surface area contributed by atoms with E-state index in [0.717, 1.165) is 36.8 Å². The molecule has 1 fully saturated rings. The van der Waals surface area contributed by atoms with E-state index < -0.39 is 12.1 Å². The van der Waals surface area contributed by atoms with Gasteiger partial charge in [-0.25, -0.2) is 14.5 Å². The van der Waals surface area contributed by atoms with Crippen LogP contribution in [0.25, 0.3) is 0 Å². The van der Waals surface area contributed by atoms with Crippen molar-refractivity contribution in [2.75, 3.05) is 0 Å². The summed E-state index contributed by atoms with van der Waals surface area (Å²) >= 11 is 0. The second kappa shape index (κ2) is 7.97. The van der Waals surface area contributed by atoms with Gasteiger partial charge in [0.15, 0.2) is 0 Å². The minimum atomic E-state index is -1.00. The predicted octanol–water partition coefficient (Wildman–Crippen LogP) is 4.04. The summed E-state index contributed by atoms with van der Waals surface area (Å²) in [5.74, 6) is -0.449. The van der Waals surface area contributed by atoms with Crippen molar-refractivity contribution in [2.24, 2.45) is 5.92 Å². The smallest absolute Gasteiger partial charge is 0.429 e. The first-order chi connectivity index (χ1) is 11.0. The Balaban J connectivity index is 1.75. The Bertz CT molecular complexity index is 568. The Morgan fingerprint density at radius 3 is 2.52 bits per heavy atom. The van der Waals surface area contributed by atoms with E-state index in [2.05, 4.69) is 14.8 Å². The molecule has 0 heterocycles. The van der Waals surface area contributed by atoms with Crippen molar-refractivity contribution >= 4 is 12.1 Å². The first kappa shape index (κ1) is 17.3. The molecule has 1 saturated carbocycles. The van der Waals surface area contributed by atoms with E-state index in [0.29, 0.717) is 5.56 Å². The standard InChI is InChI=1S/C17H22O6/c1-11-8-9-14(13(3)10-11)16(18)21-23-22-17(19)20-15-7-5-4-6-12(15)2/h8-10,12,15H,4-7H2,1-3H3. The Morgan fingerprint density at radius 2 is 1.83 bits per heavy atom. The third-order valence-electron chi connectivity index (χ3n) is 4.09. The van der Waals surface area contributed by atoms with Crippen LogP contribution in [-0.4, -0.2) is 18.2 Å². The second-order valence-corrected chi connectivity index (χ2v) is 6.01. The molecule has 2 atom stereocenters. The third-order valence-corrected chi connectivity index (χ3v) is 4.09. The molecule has 6 heteroatoms. The van der Waals surface area contributed by atoms with Crippen molar-refractivity contribution in [3.63, 3.8) is 0 Å². The van der Waals surface area contributed by atoms with E-state index in [4.69, 9.17) is 4.74 Å². The number of benzene rings is 1. The number of carbonyl (C=O) groups excluding carboxylic acids is 2. The maximum atomic E-state index is 11.8. The van der Waals surface area contributed by atoms with Gasteiger partial charge in [-0.1, -0.05) is 31.0 Å². The van der Waals surface area contributed by atoms with Gasteiger partial charge < -0.3 is 4.74 Å². The minimum Gasteiger partial charge on any atom is -0.429 e. The van der Waals surface area contributed by atoms with E-state index in [9.17, 15) is 9.59 Å².